The van der Waals surface area contributed by atoms with Crippen molar-refractivity contribution in [3.63, 3.8) is 0 Å². The first-order chi connectivity index (χ1) is 17.5. The maximum atomic E-state index is 10.2. The second-order valence-corrected chi connectivity index (χ2v) is 10.00. The van der Waals surface area contributed by atoms with Gasteiger partial charge in [-0.2, -0.15) is 0 Å². The molecular formula is C32H58FeO4. The van der Waals surface area contributed by atoms with Crippen molar-refractivity contribution < 1.29 is 36.9 Å². The molecule has 4 nitrogen and oxygen atoms in total. The van der Waals surface area contributed by atoms with Crippen LogP contribution >= 0.6 is 0 Å². The van der Waals surface area contributed by atoms with E-state index in [4.69, 9.17) is 0 Å². The van der Waals surface area contributed by atoms with E-state index in [0.717, 1.165) is 38.5 Å². The van der Waals surface area contributed by atoms with Gasteiger partial charge in [0.1, 0.15) is 0 Å². The van der Waals surface area contributed by atoms with Crippen molar-refractivity contribution in [1.29, 1.82) is 0 Å². The molecule has 0 aliphatic heterocycles. The van der Waals surface area contributed by atoms with Gasteiger partial charge in [-0.15, -0.1) is 0 Å². The van der Waals surface area contributed by atoms with Crippen LogP contribution in [0, 0.1) is 0 Å². The molecule has 0 fully saturated rings. The zero-order chi connectivity index (χ0) is 27.0. The van der Waals surface area contributed by atoms with E-state index in [1.165, 1.54) is 103 Å². The van der Waals surface area contributed by atoms with Crippen LogP contribution in [0.15, 0.2) is 24.3 Å². The Morgan fingerprint density at radius 2 is 0.676 bits per heavy atom. The van der Waals surface area contributed by atoms with Crippen molar-refractivity contribution in [1.82, 2.24) is 0 Å². The quantitative estimate of drug-likeness (QED) is 0.0608. The Balaban J connectivity index is -0.000000608. The average molecular weight is 563 g/mol. The fourth-order valence-electron chi connectivity index (χ4n) is 3.97. The third-order valence-electron chi connectivity index (χ3n) is 6.29. The van der Waals surface area contributed by atoms with E-state index in [-0.39, 0.29) is 29.9 Å². The van der Waals surface area contributed by atoms with Gasteiger partial charge in [0.15, 0.2) is 0 Å². The molecule has 218 valence electrons. The largest absolute Gasteiger partial charge is 2.00 e. The van der Waals surface area contributed by atoms with Crippen molar-refractivity contribution in [2.45, 2.75) is 168 Å². The Bertz CT molecular complexity index is 471. The summed E-state index contributed by atoms with van der Waals surface area (Å²) in [6.07, 6.45) is 36.0. The molecule has 0 bridgehead atoms. The zero-order valence-corrected chi connectivity index (χ0v) is 25.4. The number of hydrogen-bond donors (Lipinski definition) is 0. The molecule has 0 amide bonds. The van der Waals surface area contributed by atoms with Crippen molar-refractivity contribution in [2.75, 3.05) is 0 Å². The van der Waals surface area contributed by atoms with Crippen LogP contribution in [-0.2, 0) is 26.7 Å². The molecule has 0 aromatic rings. The molecule has 0 aromatic heterocycles. The summed E-state index contributed by atoms with van der Waals surface area (Å²) in [5.74, 6) is -1.83. The van der Waals surface area contributed by atoms with Crippen LogP contribution in [0.25, 0.3) is 0 Å². The van der Waals surface area contributed by atoms with E-state index in [9.17, 15) is 19.8 Å². The number of hydrogen-bond acceptors (Lipinski definition) is 4. The number of rotatable bonds is 26. The first-order valence-corrected chi connectivity index (χ1v) is 15.2. The van der Waals surface area contributed by atoms with Crippen LogP contribution in [0.3, 0.4) is 0 Å². The first kappa shape index (κ1) is 40.4. The van der Waals surface area contributed by atoms with Gasteiger partial charge in [-0.25, -0.2) is 0 Å². The van der Waals surface area contributed by atoms with Gasteiger partial charge in [-0.05, 0) is 77.0 Å². The maximum Gasteiger partial charge on any atom is 2.00 e. The Hall–Kier alpha value is -1.06. The minimum absolute atomic E-state index is 0. The Morgan fingerprint density at radius 3 is 0.946 bits per heavy atom. The maximum absolute atomic E-state index is 10.2. The number of aliphatic carboxylic acids is 2. The van der Waals surface area contributed by atoms with Crippen LogP contribution in [0.2, 0.25) is 0 Å². The van der Waals surface area contributed by atoms with Gasteiger partial charge in [0.2, 0.25) is 0 Å². The van der Waals surface area contributed by atoms with Crippen LogP contribution < -0.4 is 10.2 Å². The molecule has 0 aliphatic rings. The summed E-state index contributed by atoms with van der Waals surface area (Å²) < 4.78 is 0. The topological polar surface area (TPSA) is 80.3 Å². The molecule has 0 atom stereocenters. The summed E-state index contributed by atoms with van der Waals surface area (Å²) >= 11 is 0. The standard InChI is InChI=1S/2C16H30O2.Fe/c2*1-2-3-4-5-6-7-8-9-10-11-12-13-14-15-16(17)18;/h2*7-8H,2-6,9-15H2,1H3,(H,17,18);/q;;+2/p-2/b2*8-7-;. The zero-order valence-electron chi connectivity index (χ0n) is 24.3. The van der Waals surface area contributed by atoms with E-state index in [1.807, 2.05) is 0 Å². The Kier molecular flexibility index (Phi) is 40.5. The second-order valence-electron chi connectivity index (χ2n) is 10.00. The van der Waals surface area contributed by atoms with Gasteiger partial charge in [0.05, 0.1) is 0 Å². The van der Waals surface area contributed by atoms with E-state index in [2.05, 4.69) is 38.2 Å². The van der Waals surface area contributed by atoms with Gasteiger partial charge in [0, 0.05) is 11.9 Å². The number of unbranched alkanes of at least 4 members (excludes halogenated alkanes) is 18. The molecule has 0 radical (unpaired) electrons. The van der Waals surface area contributed by atoms with Crippen LogP contribution in [0.5, 0.6) is 0 Å². The average Bonchev–Trinajstić information content (AvgIpc) is 2.85. The third-order valence-corrected chi connectivity index (χ3v) is 6.29. The van der Waals surface area contributed by atoms with Gasteiger partial charge in [-0.3, -0.25) is 0 Å². The van der Waals surface area contributed by atoms with Crippen molar-refractivity contribution in [2.24, 2.45) is 0 Å². The number of carboxylic acids is 2. The monoisotopic (exact) mass is 562 g/mol. The first-order valence-electron chi connectivity index (χ1n) is 15.2. The molecule has 0 unspecified atom stereocenters. The second kappa shape index (κ2) is 37.1. The number of carboxylic acid groups (broad SMARTS) is 2. The molecule has 0 rings (SSSR count). The fraction of sp³-hybridized carbons (Fsp3) is 0.812. The van der Waals surface area contributed by atoms with E-state index in [0.29, 0.717) is 0 Å². The van der Waals surface area contributed by atoms with Gasteiger partial charge in [-0.1, -0.05) is 115 Å². The summed E-state index contributed by atoms with van der Waals surface area (Å²) in [7, 11) is 0. The van der Waals surface area contributed by atoms with Gasteiger partial charge in [0.25, 0.3) is 0 Å². The molecule has 0 spiro atoms. The van der Waals surface area contributed by atoms with Crippen LogP contribution in [0.1, 0.15) is 168 Å². The predicted molar refractivity (Wildman–Crippen MR) is 150 cm³/mol. The number of allylic oxidation sites excluding steroid dienone is 4. The van der Waals surface area contributed by atoms with E-state index >= 15 is 0 Å². The van der Waals surface area contributed by atoms with Gasteiger partial charge >= 0.3 is 17.1 Å². The molecule has 5 heteroatoms. The summed E-state index contributed by atoms with van der Waals surface area (Å²) in [6, 6.07) is 0. The smallest absolute Gasteiger partial charge is 0.550 e. The van der Waals surface area contributed by atoms with Crippen molar-refractivity contribution in [3.8, 4) is 0 Å². The normalized spacial score (nSPS) is 10.9. The Morgan fingerprint density at radius 1 is 0.432 bits per heavy atom. The molecule has 0 aromatic carbocycles. The SMILES string of the molecule is CCCCCC/C=C\CCCCCCCC(=O)[O-].CCCCCC/C=C\CCCCCCCC(=O)[O-].[Fe+2]. The van der Waals surface area contributed by atoms with E-state index in [1.54, 1.807) is 0 Å². The summed E-state index contributed by atoms with van der Waals surface area (Å²) in [6.45, 7) is 4.48. The Labute approximate surface area is 240 Å². The molecular weight excluding hydrogens is 504 g/mol. The van der Waals surface area contributed by atoms with Crippen molar-refractivity contribution >= 4 is 11.9 Å². The summed E-state index contributed by atoms with van der Waals surface area (Å²) in [5, 5.41) is 20.4. The molecule has 0 saturated carbocycles. The van der Waals surface area contributed by atoms with Crippen LogP contribution in [0.4, 0.5) is 0 Å². The number of carbonyl (C=O) groups is 2. The molecule has 0 heterocycles. The predicted octanol–water partition coefficient (Wildman–Crippen LogP) is 7.98. The minimum atomic E-state index is -0.916. The minimum Gasteiger partial charge on any atom is -0.550 e. The van der Waals surface area contributed by atoms with E-state index < -0.39 is 11.9 Å². The fourth-order valence-corrected chi connectivity index (χ4v) is 3.97. The molecule has 0 saturated heterocycles. The third kappa shape index (κ3) is 45.3. The van der Waals surface area contributed by atoms with Crippen molar-refractivity contribution in [3.05, 3.63) is 24.3 Å². The summed E-state index contributed by atoms with van der Waals surface area (Å²) in [5.41, 5.74) is 0. The van der Waals surface area contributed by atoms with Crippen LogP contribution in [-0.4, -0.2) is 11.9 Å². The number of carbonyl (C=O) groups excluding carboxylic acids is 2. The van der Waals surface area contributed by atoms with Gasteiger partial charge < -0.3 is 19.8 Å². The molecule has 0 aliphatic carbocycles. The summed E-state index contributed by atoms with van der Waals surface area (Å²) in [4.78, 5) is 20.4. The molecule has 37 heavy (non-hydrogen) atoms. The molecule has 0 N–H and O–H groups in total.